The number of hydrogen-bond donors (Lipinski definition) is 2. The van der Waals surface area contributed by atoms with Gasteiger partial charge in [0.2, 0.25) is 0 Å². The number of rotatable bonds is 2. The molecule has 3 N–H and O–H groups in total. The Bertz CT molecular complexity index is 751. The molecular weight excluding hydrogens is 258 g/mol. The van der Waals surface area contributed by atoms with E-state index in [1.165, 1.54) is 11.3 Å². The Morgan fingerprint density at radius 1 is 1.16 bits per heavy atom. The summed E-state index contributed by atoms with van der Waals surface area (Å²) in [5.41, 5.74) is 6.60. The second-order valence-corrected chi connectivity index (χ2v) is 4.98. The van der Waals surface area contributed by atoms with Crippen molar-refractivity contribution in [3.05, 3.63) is 53.5 Å². The number of anilines is 2. The fourth-order valence-electron chi connectivity index (χ4n) is 1.85. The Labute approximate surface area is 113 Å². The zero-order valence-electron chi connectivity index (χ0n) is 9.96. The van der Waals surface area contributed by atoms with E-state index < -0.39 is 0 Å². The minimum absolute atomic E-state index is 0.247. The predicted octanol–water partition coefficient (Wildman–Crippen LogP) is 3.13. The first-order valence-electron chi connectivity index (χ1n) is 5.73. The van der Waals surface area contributed by atoms with Crippen LogP contribution in [0.15, 0.2) is 47.8 Å². The fourth-order valence-corrected chi connectivity index (χ4v) is 2.40. The van der Waals surface area contributed by atoms with Crippen LogP contribution in [0.1, 0.15) is 10.5 Å². The van der Waals surface area contributed by atoms with Gasteiger partial charge >= 0.3 is 0 Å². The summed E-state index contributed by atoms with van der Waals surface area (Å²) in [4.78, 5) is 15.9. The van der Waals surface area contributed by atoms with E-state index in [9.17, 15) is 4.79 Å². The van der Waals surface area contributed by atoms with Gasteiger partial charge in [0.05, 0.1) is 0 Å². The van der Waals surface area contributed by atoms with E-state index in [4.69, 9.17) is 5.73 Å². The Morgan fingerprint density at radius 2 is 1.95 bits per heavy atom. The van der Waals surface area contributed by atoms with Crippen molar-refractivity contribution in [1.29, 1.82) is 0 Å². The Morgan fingerprint density at radius 3 is 2.68 bits per heavy atom. The molecule has 1 heterocycles. The van der Waals surface area contributed by atoms with E-state index in [1.807, 2.05) is 42.5 Å². The third kappa shape index (κ3) is 2.41. The number of nitrogens with zero attached hydrogens (tertiary/aromatic N) is 1. The van der Waals surface area contributed by atoms with Gasteiger partial charge in [0.25, 0.3) is 5.91 Å². The average Bonchev–Trinajstić information content (AvgIpc) is 2.85. The van der Waals surface area contributed by atoms with Gasteiger partial charge in [0.1, 0.15) is 5.69 Å². The minimum Gasteiger partial charge on any atom is -0.375 e. The fraction of sp³-hybridized carbons (Fsp3) is 0. The van der Waals surface area contributed by atoms with E-state index in [0.717, 1.165) is 16.5 Å². The van der Waals surface area contributed by atoms with Crippen LogP contribution in [0.25, 0.3) is 10.8 Å². The number of aromatic nitrogens is 1. The molecule has 0 atom stereocenters. The molecule has 0 aliphatic heterocycles. The van der Waals surface area contributed by atoms with E-state index in [0.29, 0.717) is 10.8 Å². The first kappa shape index (κ1) is 11.7. The van der Waals surface area contributed by atoms with Crippen LogP contribution in [0.4, 0.5) is 10.8 Å². The number of carbonyl (C=O) groups is 1. The number of amides is 1. The molecule has 0 aliphatic rings. The smallest absolute Gasteiger partial charge is 0.275 e. The summed E-state index contributed by atoms with van der Waals surface area (Å²) in [7, 11) is 0. The normalized spacial score (nSPS) is 10.5. The summed E-state index contributed by atoms with van der Waals surface area (Å²) in [6, 6.07) is 13.8. The van der Waals surface area contributed by atoms with Crippen LogP contribution in [0.5, 0.6) is 0 Å². The van der Waals surface area contributed by atoms with Gasteiger partial charge in [-0.15, -0.1) is 11.3 Å². The number of fused-ring (bicyclic) bond motifs is 1. The van der Waals surface area contributed by atoms with Gasteiger partial charge in [-0.2, -0.15) is 0 Å². The molecule has 2 aromatic carbocycles. The van der Waals surface area contributed by atoms with Crippen LogP contribution in [0, 0.1) is 0 Å². The zero-order valence-corrected chi connectivity index (χ0v) is 10.8. The molecule has 1 aromatic heterocycles. The van der Waals surface area contributed by atoms with Crippen LogP contribution in [0.3, 0.4) is 0 Å². The maximum atomic E-state index is 11.9. The third-order valence-corrected chi connectivity index (χ3v) is 3.44. The van der Waals surface area contributed by atoms with Crippen LogP contribution in [0.2, 0.25) is 0 Å². The van der Waals surface area contributed by atoms with Crippen LogP contribution < -0.4 is 11.1 Å². The number of hydrogen-bond acceptors (Lipinski definition) is 4. The van der Waals surface area contributed by atoms with Crippen molar-refractivity contribution >= 4 is 38.8 Å². The zero-order chi connectivity index (χ0) is 13.2. The highest BCUT2D eigenvalue weighted by atomic mass is 32.1. The van der Waals surface area contributed by atoms with Crippen molar-refractivity contribution in [3.8, 4) is 0 Å². The van der Waals surface area contributed by atoms with Gasteiger partial charge < -0.3 is 11.1 Å². The molecule has 0 saturated heterocycles. The second kappa shape index (κ2) is 4.70. The lowest BCUT2D eigenvalue weighted by Crippen LogP contribution is -2.12. The second-order valence-electron chi connectivity index (χ2n) is 4.09. The van der Waals surface area contributed by atoms with E-state index in [-0.39, 0.29) is 5.91 Å². The molecule has 0 spiro atoms. The quantitative estimate of drug-likeness (QED) is 0.751. The topological polar surface area (TPSA) is 68.0 Å². The molecule has 0 fully saturated rings. The third-order valence-electron chi connectivity index (χ3n) is 2.76. The molecule has 3 rings (SSSR count). The molecule has 3 aromatic rings. The van der Waals surface area contributed by atoms with Crippen LogP contribution >= 0.6 is 11.3 Å². The molecule has 0 radical (unpaired) electrons. The first-order valence-corrected chi connectivity index (χ1v) is 6.61. The number of carbonyl (C=O) groups excluding carboxylic acids is 1. The Balaban J connectivity index is 1.87. The van der Waals surface area contributed by atoms with E-state index >= 15 is 0 Å². The molecule has 5 heteroatoms. The molecule has 4 nitrogen and oxygen atoms in total. The summed E-state index contributed by atoms with van der Waals surface area (Å²) in [6.07, 6.45) is 0. The lowest BCUT2D eigenvalue weighted by molar-refractivity contribution is 0.102. The van der Waals surface area contributed by atoms with Gasteiger partial charge in [-0.25, -0.2) is 4.98 Å². The van der Waals surface area contributed by atoms with Crippen LogP contribution in [-0.4, -0.2) is 10.9 Å². The molecule has 0 unspecified atom stereocenters. The van der Waals surface area contributed by atoms with Crippen molar-refractivity contribution in [2.75, 3.05) is 11.1 Å². The monoisotopic (exact) mass is 269 g/mol. The van der Waals surface area contributed by atoms with Gasteiger partial charge in [-0.3, -0.25) is 4.79 Å². The van der Waals surface area contributed by atoms with E-state index in [2.05, 4.69) is 10.3 Å². The van der Waals surface area contributed by atoms with Crippen molar-refractivity contribution in [3.63, 3.8) is 0 Å². The SMILES string of the molecule is Nc1nc(C(=O)Nc2ccc3ccccc3c2)cs1. The lowest BCUT2D eigenvalue weighted by atomic mass is 10.1. The highest BCUT2D eigenvalue weighted by Crippen LogP contribution is 2.20. The summed E-state index contributed by atoms with van der Waals surface area (Å²) in [5, 5.41) is 7.07. The molecule has 0 saturated carbocycles. The van der Waals surface area contributed by atoms with E-state index in [1.54, 1.807) is 5.38 Å². The molecule has 0 bridgehead atoms. The number of thiazole rings is 1. The summed E-state index contributed by atoms with van der Waals surface area (Å²) in [6.45, 7) is 0. The Kier molecular flexibility index (Phi) is 2.89. The van der Waals surface area contributed by atoms with Crippen molar-refractivity contribution in [2.24, 2.45) is 0 Å². The highest BCUT2D eigenvalue weighted by Gasteiger charge is 2.09. The largest absolute Gasteiger partial charge is 0.375 e. The van der Waals surface area contributed by atoms with Crippen LogP contribution in [-0.2, 0) is 0 Å². The number of nitrogens with two attached hydrogens (primary N) is 1. The molecule has 19 heavy (non-hydrogen) atoms. The summed E-state index contributed by atoms with van der Waals surface area (Å²) in [5.74, 6) is -0.247. The predicted molar refractivity (Wildman–Crippen MR) is 78.4 cm³/mol. The molecular formula is C14H11N3OS. The van der Waals surface area contributed by atoms with Gasteiger partial charge in [0.15, 0.2) is 5.13 Å². The highest BCUT2D eigenvalue weighted by molar-refractivity contribution is 7.13. The number of nitrogens with one attached hydrogen (secondary N) is 1. The van der Waals surface area contributed by atoms with Gasteiger partial charge in [-0.1, -0.05) is 30.3 Å². The molecule has 94 valence electrons. The minimum atomic E-state index is -0.247. The standard InChI is InChI=1S/C14H11N3OS/c15-14-17-12(8-19-14)13(18)16-11-6-5-9-3-1-2-4-10(9)7-11/h1-8H,(H2,15,17)(H,16,18). The maximum absolute atomic E-state index is 11.9. The number of nitrogen functional groups attached to an aromatic ring is 1. The Hall–Kier alpha value is -2.40. The first-order chi connectivity index (χ1) is 9.22. The van der Waals surface area contributed by atoms with Gasteiger partial charge in [-0.05, 0) is 22.9 Å². The molecule has 0 aliphatic carbocycles. The summed E-state index contributed by atoms with van der Waals surface area (Å²) >= 11 is 1.25. The average molecular weight is 269 g/mol. The van der Waals surface area contributed by atoms with Crippen molar-refractivity contribution in [2.45, 2.75) is 0 Å². The maximum Gasteiger partial charge on any atom is 0.275 e. The van der Waals surface area contributed by atoms with Crippen molar-refractivity contribution < 1.29 is 4.79 Å². The summed E-state index contributed by atoms with van der Waals surface area (Å²) < 4.78 is 0. The lowest BCUT2D eigenvalue weighted by Gasteiger charge is -2.04. The number of benzene rings is 2. The van der Waals surface area contributed by atoms with Crippen molar-refractivity contribution in [1.82, 2.24) is 4.98 Å². The molecule has 1 amide bonds. The van der Waals surface area contributed by atoms with Gasteiger partial charge in [0, 0.05) is 11.1 Å².